The van der Waals surface area contributed by atoms with Gasteiger partial charge in [-0.2, -0.15) is 0 Å². The number of nitro groups is 1. The minimum Gasteiger partial charge on any atom is -0.487 e. The number of carbonyl (C=O) groups excluding carboxylic acids is 1. The van der Waals surface area contributed by atoms with Gasteiger partial charge in [0.2, 0.25) is 0 Å². The normalized spacial score (nSPS) is 10.6. The average Bonchev–Trinajstić information content (AvgIpc) is 3.27. The third kappa shape index (κ3) is 5.36. The van der Waals surface area contributed by atoms with Crippen LogP contribution in [0.15, 0.2) is 66.7 Å². The van der Waals surface area contributed by atoms with Crippen molar-refractivity contribution < 1.29 is 14.5 Å². The number of carbonyl (C=O) groups is 1. The fourth-order valence-corrected chi connectivity index (χ4v) is 4.38. The van der Waals surface area contributed by atoms with E-state index in [2.05, 4.69) is 21.7 Å². The van der Waals surface area contributed by atoms with E-state index in [1.165, 1.54) is 18.2 Å². The predicted octanol–water partition coefficient (Wildman–Crippen LogP) is 5.07. The number of benzene rings is 3. The highest BCUT2D eigenvalue weighted by molar-refractivity contribution is 7.80. The Balaban J connectivity index is 1.35. The number of aromatic nitrogens is 1. The van der Waals surface area contributed by atoms with Crippen LogP contribution in [0.4, 0.5) is 5.69 Å². The van der Waals surface area contributed by atoms with Crippen molar-refractivity contribution in [3.63, 3.8) is 0 Å². The number of thiocarbonyl (C=S) groups is 1. The number of para-hydroxylation sites is 1. The molecule has 0 atom stereocenters. The van der Waals surface area contributed by atoms with Gasteiger partial charge in [0.15, 0.2) is 10.9 Å². The lowest BCUT2D eigenvalue weighted by Crippen LogP contribution is -2.38. The number of hydrogen-bond acceptors (Lipinski definition) is 7. The van der Waals surface area contributed by atoms with Crippen molar-refractivity contribution in [2.24, 2.45) is 0 Å². The lowest BCUT2D eigenvalue weighted by Gasteiger charge is -2.11. The molecule has 0 radical (unpaired) electrons. The average molecular weight is 493 g/mol. The smallest absolute Gasteiger partial charge is 0.311 e. The standard InChI is InChI=1S/C24H20N4O4S2/c1-2-32-20-12-11-17(13-19(20)28(30)31)22(29)27-24(33)25-14-15-7-9-16(10-8-15)23-26-18-5-3-4-6-21(18)34-23/h3-13H,2,14H2,1H3,(H2,25,27,29,33). The molecule has 0 aliphatic rings. The van der Waals surface area contributed by atoms with Gasteiger partial charge in [0.05, 0.1) is 21.7 Å². The van der Waals surface area contributed by atoms with E-state index in [0.717, 1.165) is 26.4 Å². The van der Waals surface area contributed by atoms with E-state index in [1.54, 1.807) is 18.3 Å². The first kappa shape index (κ1) is 23.3. The Kier molecular flexibility index (Phi) is 7.09. The third-order valence-electron chi connectivity index (χ3n) is 4.89. The minimum atomic E-state index is -0.587. The zero-order valence-corrected chi connectivity index (χ0v) is 19.7. The molecule has 2 N–H and O–H groups in total. The summed E-state index contributed by atoms with van der Waals surface area (Å²) in [5, 5.41) is 17.9. The van der Waals surface area contributed by atoms with Crippen molar-refractivity contribution >= 4 is 50.5 Å². The van der Waals surface area contributed by atoms with E-state index in [-0.39, 0.29) is 28.7 Å². The number of nitrogens with zero attached hydrogens (tertiary/aromatic N) is 2. The monoisotopic (exact) mass is 492 g/mol. The molecule has 0 aliphatic heterocycles. The molecule has 0 aliphatic carbocycles. The third-order valence-corrected chi connectivity index (χ3v) is 6.22. The molecule has 4 aromatic rings. The first-order chi connectivity index (χ1) is 16.4. The van der Waals surface area contributed by atoms with E-state index >= 15 is 0 Å². The van der Waals surface area contributed by atoms with Gasteiger partial charge in [0.25, 0.3) is 5.91 Å². The lowest BCUT2D eigenvalue weighted by atomic mass is 10.1. The lowest BCUT2D eigenvalue weighted by molar-refractivity contribution is -0.385. The Labute approximate surface area is 204 Å². The zero-order chi connectivity index (χ0) is 24.1. The van der Waals surface area contributed by atoms with Crippen LogP contribution in [-0.4, -0.2) is 27.5 Å². The second-order valence-corrected chi connectivity index (χ2v) is 8.63. The van der Waals surface area contributed by atoms with Crippen molar-refractivity contribution in [2.45, 2.75) is 13.5 Å². The molecule has 1 aromatic heterocycles. The topological polar surface area (TPSA) is 106 Å². The fourth-order valence-electron chi connectivity index (χ4n) is 3.24. The van der Waals surface area contributed by atoms with E-state index in [9.17, 15) is 14.9 Å². The van der Waals surface area contributed by atoms with Crippen LogP contribution in [0.2, 0.25) is 0 Å². The molecule has 8 nitrogen and oxygen atoms in total. The number of nitrogens with one attached hydrogen (secondary N) is 2. The van der Waals surface area contributed by atoms with Gasteiger partial charge in [0.1, 0.15) is 5.01 Å². The van der Waals surface area contributed by atoms with Gasteiger partial charge < -0.3 is 10.1 Å². The molecule has 0 saturated heterocycles. The summed E-state index contributed by atoms with van der Waals surface area (Å²) in [5.74, 6) is -0.436. The Morgan fingerprint density at radius 3 is 2.62 bits per heavy atom. The van der Waals surface area contributed by atoms with Gasteiger partial charge in [-0.15, -0.1) is 11.3 Å². The summed E-state index contributed by atoms with van der Waals surface area (Å²) in [4.78, 5) is 27.8. The maximum atomic E-state index is 12.5. The maximum absolute atomic E-state index is 12.5. The molecule has 10 heteroatoms. The Morgan fingerprint density at radius 2 is 1.91 bits per heavy atom. The number of nitro benzene ring substituents is 1. The van der Waals surface area contributed by atoms with Gasteiger partial charge >= 0.3 is 5.69 Å². The van der Waals surface area contributed by atoms with E-state index in [4.69, 9.17) is 17.0 Å². The van der Waals surface area contributed by atoms with Crippen molar-refractivity contribution in [1.29, 1.82) is 0 Å². The van der Waals surface area contributed by atoms with Gasteiger partial charge in [-0.3, -0.25) is 20.2 Å². The Morgan fingerprint density at radius 1 is 1.15 bits per heavy atom. The molecule has 0 saturated carbocycles. The highest BCUT2D eigenvalue weighted by Gasteiger charge is 2.19. The van der Waals surface area contributed by atoms with Gasteiger partial charge in [-0.1, -0.05) is 36.4 Å². The number of hydrogen-bond donors (Lipinski definition) is 2. The van der Waals surface area contributed by atoms with Crippen molar-refractivity contribution in [1.82, 2.24) is 15.6 Å². The van der Waals surface area contributed by atoms with E-state index in [1.807, 2.05) is 42.5 Å². The molecule has 0 bridgehead atoms. The SMILES string of the molecule is CCOc1ccc(C(=O)NC(=S)NCc2ccc(-c3nc4ccccc4s3)cc2)cc1[N+](=O)[O-]. The first-order valence-corrected chi connectivity index (χ1v) is 11.6. The summed E-state index contributed by atoms with van der Waals surface area (Å²) in [5.41, 5.74) is 2.81. The number of ether oxygens (including phenoxy) is 1. The summed E-state index contributed by atoms with van der Waals surface area (Å²) in [6, 6.07) is 20.0. The second kappa shape index (κ2) is 10.4. The maximum Gasteiger partial charge on any atom is 0.311 e. The van der Waals surface area contributed by atoms with Crippen LogP contribution in [0.1, 0.15) is 22.8 Å². The number of fused-ring (bicyclic) bond motifs is 1. The van der Waals surface area contributed by atoms with Crippen LogP contribution < -0.4 is 15.4 Å². The molecule has 0 spiro atoms. The first-order valence-electron chi connectivity index (χ1n) is 10.4. The van der Waals surface area contributed by atoms with E-state index < -0.39 is 10.8 Å². The second-order valence-electron chi connectivity index (χ2n) is 7.19. The molecule has 172 valence electrons. The van der Waals surface area contributed by atoms with Gasteiger partial charge in [-0.25, -0.2) is 4.98 Å². The van der Waals surface area contributed by atoms with Crippen LogP contribution in [-0.2, 0) is 6.54 Å². The fraction of sp³-hybridized carbons (Fsp3) is 0.125. The highest BCUT2D eigenvalue weighted by atomic mass is 32.1. The molecule has 0 fully saturated rings. The molecular formula is C24H20N4O4S2. The number of amides is 1. The highest BCUT2D eigenvalue weighted by Crippen LogP contribution is 2.30. The number of thiazole rings is 1. The summed E-state index contributed by atoms with van der Waals surface area (Å²) in [6.07, 6.45) is 0. The summed E-state index contributed by atoms with van der Waals surface area (Å²) >= 11 is 6.85. The van der Waals surface area contributed by atoms with Crippen LogP contribution in [0, 0.1) is 10.1 Å². The van der Waals surface area contributed by atoms with Crippen molar-refractivity contribution in [3.05, 3.63) is 88.0 Å². The molecular weight excluding hydrogens is 472 g/mol. The summed E-state index contributed by atoms with van der Waals surface area (Å²) in [7, 11) is 0. The summed E-state index contributed by atoms with van der Waals surface area (Å²) in [6.45, 7) is 2.41. The van der Waals surface area contributed by atoms with Crippen molar-refractivity contribution in [2.75, 3.05) is 6.61 Å². The predicted molar refractivity (Wildman–Crippen MR) is 136 cm³/mol. The van der Waals surface area contributed by atoms with Gasteiger partial charge in [0, 0.05) is 23.7 Å². The van der Waals surface area contributed by atoms with E-state index in [0.29, 0.717) is 6.54 Å². The summed E-state index contributed by atoms with van der Waals surface area (Å²) < 4.78 is 6.38. The quantitative estimate of drug-likeness (QED) is 0.211. The van der Waals surface area contributed by atoms with Crippen LogP contribution in [0.25, 0.3) is 20.8 Å². The van der Waals surface area contributed by atoms with Crippen molar-refractivity contribution in [3.8, 4) is 16.3 Å². The molecule has 1 heterocycles. The molecule has 34 heavy (non-hydrogen) atoms. The minimum absolute atomic E-state index is 0.110. The zero-order valence-electron chi connectivity index (χ0n) is 18.1. The largest absolute Gasteiger partial charge is 0.487 e. The van der Waals surface area contributed by atoms with Crippen LogP contribution in [0.5, 0.6) is 5.75 Å². The number of rotatable bonds is 7. The molecule has 3 aromatic carbocycles. The molecule has 0 unspecified atom stereocenters. The van der Waals surface area contributed by atoms with Crippen LogP contribution >= 0.6 is 23.6 Å². The molecule has 4 rings (SSSR count). The Bertz CT molecular complexity index is 1340. The molecule has 1 amide bonds. The van der Waals surface area contributed by atoms with Crippen LogP contribution in [0.3, 0.4) is 0 Å². The van der Waals surface area contributed by atoms with Gasteiger partial charge in [-0.05, 0) is 49.0 Å². The Hall–Kier alpha value is -3.89.